The van der Waals surface area contributed by atoms with Gasteiger partial charge in [-0.25, -0.2) is 9.78 Å². The van der Waals surface area contributed by atoms with Gasteiger partial charge < -0.3 is 5.32 Å². The molecule has 2 aromatic rings. The van der Waals surface area contributed by atoms with Gasteiger partial charge in [0.15, 0.2) is 5.13 Å². The molecule has 2 rings (SSSR count). The van der Waals surface area contributed by atoms with E-state index < -0.39 is 0 Å². The van der Waals surface area contributed by atoms with Gasteiger partial charge in [-0.05, 0) is 24.5 Å². The minimum Gasteiger partial charge on any atom is -0.308 e. The molecular formula is C11H11N3OS2. The van der Waals surface area contributed by atoms with Gasteiger partial charge in [-0.15, -0.1) is 23.1 Å². The first-order chi connectivity index (χ1) is 8.28. The maximum atomic E-state index is 11.6. The van der Waals surface area contributed by atoms with Crippen molar-refractivity contribution in [3.63, 3.8) is 0 Å². The van der Waals surface area contributed by atoms with Crippen LogP contribution in [0.15, 0.2) is 40.7 Å². The van der Waals surface area contributed by atoms with Crippen molar-refractivity contribution in [2.24, 2.45) is 0 Å². The third-order valence-electron chi connectivity index (χ3n) is 1.98. The number of urea groups is 1. The number of thioether (sulfide) groups is 1. The number of benzene rings is 1. The molecule has 2 amide bonds. The third-order valence-corrected chi connectivity index (χ3v) is 3.39. The van der Waals surface area contributed by atoms with Crippen LogP contribution in [0.3, 0.4) is 0 Å². The second-order valence-electron chi connectivity index (χ2n) is 3.15. The molecule has 6 heteroatoms. The van der Waals surface area contributed by atoms with Crippen molar-refractivity contribution in [2.45, 2.75) is 4.90 Å². The zero-order valence-corrected chi connectivity index (χ0v) is 10.8. The van der Waals surface area contributed by atoms with E-state index in [2.05, 4.69) is 15.6 Å². The molecule has 4 nitrogen and oxygen atoms in total. The highest BCUT2D eigenvalue weighted by atomic mass is 32.2. The minimum absolute atomic E-state index is 0.279. The third kappa shape index (κ3) is 3.47. The van der Waals surface area contributed by atoms with Crippen molar-refractivity contribution in [2.75, 3.05) is 16.9 Å². The number of hydrogen-bond donors (Lipinski definition) is 2. The van der Waals surface area contributed by atoms with Crippen LogP contribution in [0, 0.1) is 0 Å². The maximum absolute atomic E-state index is 11.6. The van der Waals surface area contributed by atoms with Crippen molar-refractivity contribution >= 4 is 39.9 Å². The van der Waals surface area contributed by atoms with E-state index in [9.17, 15) is 4.79 Å². The Morgan fingerprint density at radius 1 is 1.41 bits per heavy atom. The van der Waals surface area contributed by atoms with E-state index in [-0.39, 0.29) is 6.03 Å². The second kappa shape index (κ2) is 5.70. The predicted molar refractivity (Wildman–Crippen MR) is 73.0 cm³/mol. The zero-order valence-electron chi connectivity index (χ0n) is 9.14. The molecule has 0 saturated carbocycles. The lowest BCUT2D eigenvalue weighted by Gasteiger charge is -2.06. The number of hydrogen-bond acceptors (Lipinski definition) is 4. The van der Waals surface area contributed by atoms with Gasteiger partial charge in [0.05, 0.1) is 0 Å². The summed E-state index contributed by atoms with van der Waals surface area (Å²) in [6, 6.07) is 7.39. The molecule has 0 aliphatic rings. The van der Waals surface area contributed by atoms with E-state index in [1.807, 2.05) is 35.9 Å². The Labute approximate surface area is 107 Å². The van der Waals surface area contributed by atoms with Crippen LogP contribution in [-0.2, 0) is 0 Å². The smallest absolute Gasteiger partial charge is 0.308 e. The van der Waals surface area contributed by atoms with E-state index >= 15 is 0 Å². The van der Waals surface area contributed by atoms with Gasteiger partial charge in [-0.1, -0.05) is 6.07 Å². The number of amides is 2. The van der Waals surface area contributed by atoms with E-state index in [4.69, 9.17) is 0 Å². The number of rotatable bonds is 3. The molecule has 1 aromatic carbocycles. The monoisotopic (exact) mass is 265 g/mol. The Kier molecular flexibility index (Phi) is 4.00. The normalized spacial score (nSPS) is 9.94. The van der Waals surface area contributed by atoms with Crippen LogP contribution in [-0.4, -0.2) is 17.3 Å². The van der Waals surface area contributed by atoms with Crippen LogP contribution in [0.2, 0.25) is 0 Å². The Morgan fingerprint density at radius 3 is 3.00 bits per heavy atom. The number of nitrogens with one attached hydrogen (secondary N) is 2. The summed E-state index contributed by atoms with van der Waals surface area (Å²) in [6.45, 7) is 0. The Morgan fingerprint density at radius 2 is 2.29 bits per heavy atom. The highest BCUT2D eigenvalue weighted by Gasteiger charge is 2.04. The predicted octanol–water partition coefficient (Wildman–Crippen LogP) is 3.51. The lowest BCUT2D eigenvalue weighted by atomic mass is 10.3. The molecule has 1 heterocycles. The van der Waals surface area contributed by atoms with Gasteiger partial charge in [0.25, 0.3) is 0 Å². The first kappa shape index (κ1) is 11.9. The van der Waals surface area contributed by atoms with Crippen molar-refractivity contribution in [3.05, 3.63) is 35.8 Å². The molecule has 0 aliphatic carbocycles. The summed E-state index contributed by atoms with van der Waals surface area (Å²) in [5.41, 5.74) is 0.769. The fourth-order valence-electron chi connectivity index (χ4n) is 1.25. The number of anilines is 2. The molecule has 0 unspecified atom stereocenters. The van der Waals surface area contributed by atoms with E-state index in [1.54, 1.807) is 18.0 Å². The second-order valence-corrected chi connectivity index (χ2v) is 4.92. The van der Waals surface area contributed by atoms with Crippen LogP contribution in [0.25, 0.3) is 0 Å². The highest BCUT2D eigenvalue weighted by Crippen LogP contribution is 2.19. The van der Waals surface area contributed by atoms with Crippen LogP contribution in [0.4, 0.5) is 15.6 Å². The fourth-order valence-corrected chi connectivity index (χ4v) is 2.23. The standard InChI is InChI=1S/C11H11N3OS2/c1-16-9-4-2-3-8(7-9)13-10(15)14-11-12-5-6-17-11/h2-7H,1H3,(H2,12,13,14,15). The summed E-state index contributed by atoms with van der Waals surface area (Å²) >= 11 is 3.02. The van der Waals surface area contributed by atoms with Gasteiger partial charge in [0, 0.05) is 22.2 Å². The molecule has 88 valence electrons. The average molecular weight is 265 g/mol. The minimum atomic E-state index is -0.279. The first-order valence-corrected chi connectivity index (χ1v) is 7.00. The van der Waals surface area contributed by atoms with Crippen LogP contribution >= 0.6 is 23.1 Å². The van der Waals surface area contributed by atoms with E-state index in [0.29, 0.717) is 5.13 Å². The van der Waals surface area contributed by atoms with Gasteiger partial charge >= 0.3 is 6.03 Å². The topological polar surface area (TPSA) is 54.0 Å². The fraction of sp³-hybridized carbons (Fsp3) is 0.0909. The molecule has 0 aliphatic heterocycles. The molecule has 17 heavy (non-hydrogen) atoms. The maximum Gasteiger partial charge on any atom is 0.325 e. The molecule has 0 saturated heterocycles. The Hall–Kier alpha value is -1.53. The largest absolute Gasteiger partial charge is 0.325 e. The number of aromatic nitrogens is 1. The Bertz CT molecular complexity index is 499. The van der Waals surface area contributed by atoms with Crippen LogP contribution < -0.4 is 10.6 Å². The van der Waals surface area contributed by atoms with E-state index in [1.165, 1.54) is 11.3 Å². The lowest BCUT2D eigenvalue weighted by molar-refractivity contribution is 0.262. The summed E-state index contributed by atoms with van der Waals surface area (Å²) in [5.74, 6) is 0. The molecule has 1 aromatic heterocycles. The van der Waals surface area contributed by atoms with Gasteiger partial charge in [0.2, 0.25) is 0 Å². The SMILES string of the molecule is CSc1cccc(NC(=O)Nc2nccs2)c1. The van der Waals surface area contributed by atoms with Crippen molar-refractivity contribution in [3.8, 4) is 0 Å². The summed E-state index contributed by atoms with van der Waals surface area (Å²) < 4.78 is 0. The average Bonchev–Trinajstić information content (AvgIpc) is 2.82. The van der Waals surface area contributed by atoms with Crippen molar-refractivity contribution in [1.29, 1.82) is 0 Å². The molecule has 0 spiro atoms. The van der Waals surface area contributed by atoms with Gasteiger partial charge in [-0.3, -0.25) is 5.32 Å². The number of carbonyl (C=O) groups is 1. The van der Waals surface area contributed by atoms with Crippen molar-refractivity contribution in [1.82, 2.24) is 4.98 Å². The summed E-state index contributed by atoms with van der Waals surface area (Å²) in [4.78, 5) is 16.7. The quantitative estimate of drug-likeness (QED) is 0.835. The lowest BCUT2D eigenvalue weighted by Crippen LogP contribution is -2.19. The van der Waals surface area contributed by atoms with Crippen molar-refractivity contribution < 1.29 is 4.79 Å². The number of carbonyl (C=O) groups excluding carboxylic acids is 1. The molecule has 0 atom stereocenters. The number of thiazole rings is 1. The molecule has 2 N–H and O–H groups in total. The van der Waals surface area contributed by atoms with Crippen LogP contribution in [0.1, 0.15) is 0 Å². The van der Waals surface area contributed by atoms with Gasteiger partial charge in [-0.2, -0.15) is 0 Å². The number of nitrogens with zero attached hydrogens (tertiary/aromatic N) is 1. The van der Waals surface area contributed by atoms with E-state index in [0.717, 1.165) is 10.6 Å². The van der Waals surface area contributed by atoms with Gasteiger partial charge in [0.1, 0.15) is 0 Å². The summed E-state index contributed by atoms with van der Waals surface area (Å²) in [6.07, 6.45) is 3.64. The summed E-state index contributed by atoms with van der Waals surface area (Å²) in [5, 5.41) is 7.81. The zero-order chi connectivity index (χ0) is 12.1. The molecule has 0 fully saturated rings. The molecular weight excluding hydrogens is 254 g/mol. The molecule has 0 bridgehead atoms. The first-order valence-electron chi connectivity index (χ1n) is 4.89. The Balaban J connectivity index is 1.98. The van der Waals surface area contributed by atoms with Crippen LogP contribution in [0.5, 0.6) is 0 Å². The molecule has 0 radical (unpaired) electrons. The highest BCUT2D eigenvalue weighted by molar-refractivity contribution is 7.98. The summed E-state index contributed by atoms with van der Waals surface area (Å²) in [7, 11) is 0.